The lowest BCUT2D eigenvalue weighted by Gasteiger charge is -2.43. The number of Topliss-reactive ketones (excluding diaryl/α,β-unsaturated/α-hetero) is 2. The first kappa shape index (κ1) is 22.6. The number of fused-ring (bicyclic) bond motifs is 2. The Morgan fingerprint density at radius 2 is 1.86 bits per heavy atom. The molecule has 3 aliphatic rings. The molecule has 2 unspecified atom stereocenters. The Labute approximate surface area is 175 Å². The molecule has 1 saturated heterocycles. The summed E-state index contributed by atoms with van der Waals surface area (Å²) >= 11 is 1.78. The molecule has 3 rings (SSSR count). The average molecular weight is 451 g/mol. The molecule has 2 aliphatic carbocycles. The van der Waals surface area contributed by atoms with Crippen LogP contribution in [0.5, 0.6) is 0 Å². The Hall–Kier alpha value is -0.0500. The Balaban J connectivity index is 1.84. The van der Waals surface area contributed by atoms with E-state index in [0.29, 0.717) is 24.3 Å². The summed E-state index contributed by atoms with van der Waals surface area (Å²) in [5, 5.41) is 0. The van der Waals surface area contributed by atoms with E-state index in [-0.39, 0.29) is 34.4 Å². The average Bonchev–Trinajstić information content (AvgIpc) is 2.87. The van der Waals surface area contributed by atoms with Gasteiger partial charge in [-0.25, -0.2) is 3.63 Å². The third-order valence-corrected chi connectivity index (χ3v) is 14.3. The third kappa shape index (κ3) is 3.95. The van der Waals surface area contributed by atoms with Crippen molar-refractivity contribution in [1.82, 2.24) is 0 Å². The fourth-order valence-corrected chi connectivity index (χ4v) is 13.9. The summed E-state index contributed by atoms with van der Waals surface area (Å²) in [6.45, 7) is 9.67. The van der Waals surface area contributed by atoms with Crippen molar-refractivity contribution in [2.75, 3.05) is 34.5 Å². The number of carbonyl (C=O) groups is 2. The number of rotatable bonds is 6. The molecule has 2 bridgehead atoms. The molecule has 0 radical (unpaired) electrons. The number of carbonyl (C=O) groups excluding carboxylic acids is 2. The first-order valence-corrected chi connectivity index (χ1v) is 14.9. The summed E-state index contributed by atoms with van der Waals surface area (Å²) in [6.07, 6.45) is 2.02. The summed E-state index contributed by atoms with van der Waals surface area (Å²) < 4.78 is 32.4. The molecule has 3 fully saturated rings. The smallest absolute Gasteiger partial charge is 0.277 e. The van der Waals surface area contributed by atoms with E-state index in [1.807, 2.05) is 34.6 Å². The van der Waals surface area contributed by atoms with Crippen LogP contribution < -0.4 is 0 Å². The van der Waals surface area contributed by atoms with Gasteiger partial charge in [-0.15, -0.1) is 10.3 Å². The zero-order valence-corrected chi connectivity index (χ0v) is 20.2. The van der Waals surface area contributed by atoms with Crippen LogP contribution in [0.2, 0.25) is 0 Å². The Morgan fingerprint density at radius 1 is 1.25 bits per heavy atom. The third-order valence-electron chi connectivity index (χ3n) is 7.24. The highest BCUT2D eigenvalue weighted by Crippen LogP contribution is 2.65. The van der Waals surface area contributed by atoms with Crippen LogP contribution in [0.4, 0.5) is 0 Å². The van der Waals surface area contributed by atoms with Gasteiger partial charge in [-0.2, -0.15) is 20.2 Å². The predicted octanol–water partition coefficient (Wildman–Crippen LogP) is 3.81. The lowest BCUT2D eigenvalue weighted by atomic mass is 9.70. The van der Waals surface area contributed by atoms with Gasteiger partial charge in [0.15, 0.2) is 0 Å². The van der Waals surface area contributed by atoms with Crippen LogP contribution in [0, 0.1) is 22.2 Å². The van der Waals surface area contributed by atoms with Crippen molar-refractivity contribution in [2.24, 2.45) is 22.2 Å². The molecule has 2 saturated carbocycles. The van der Waals surface area contributed by atoms with E-state index in [1.54, 1.807) is 11.8 Å². The van der Waals surface area contributed by atoms with E-state index in [2.05, 4.69) is 0 Å². The second-order valence-electron chi connectivity index (χ2n) is 10.2. The Bertz CT molecular complexity index is 759. The molecular weight excluding hydrogens is 416 g/mol. The van der Waals surface area contributed by atoms with Crippen LogP contribution in [-0.4, -0.2) is 54.5 Å². The van der Waals surface area contributed by atoms with Crippen LogP contribution in [0.1, 0.15) is 53.9 Å². The summed E-state index contributed by atoms with van der Waals surface area (Å²) in [6, 6.07) is 0. The van der Waals surface area contributed by atoms with Crippen LogP contribution in [0.25, 0.3) is 0 Å². The quantitative estimate of drug-likeness (QED) is 0.612. The van der Waals surface area contributed by atoms with Crippen LogP contribution in [0.15, 0.2) is 0 Å². The maximum Gasteiger partial charge on any atom is 0.277 e. The first-order chi connectivity index (χ1) is 12.7. The highest BCUT2D eigenvalue weighted by molar-refractivity contribution is 8.34. The van der Waals surface area contributed by atoms with Gasteiger partial charge in [0.25, 0.3) is 10.1 Å². The van der Waals surface area contributed by atoms with Gasteiger partial charge in [0, 0.05) is 34.8 Å². The molecule has 0 aromatic carbocycles. The molecule has 0 amide bonds. The molecule has 0 N–H and O–H groups in total. The van der Waals surface area contributed by atoms with Crippen molar-refractivity contribution in [2.45, 2.75) is 53.9 Å². The van der Waals surface area contributed by atoms with E-state index < -0.39 is 31.3 Å². The number of thioether (sulfide) groups is 1. The van der Waals surface area contributed by atoms with Gasteiger partial charge in [0.1, 0.15) is 11.6 Å². The molecule has 5 nitrogen and oxygen atoms in total. The van der Waals surface area contributed by atoms with E-state index in [4.69, 9.17) is 3.63 Å². The molecule has 8 heteroatoms. The molecule has 2 atom stereocenters. The zero-order valence-electron chi connectivity index (χ0n) is 17.7. The van der Waals surface area contributed by atoms with Crippen LogP contribution in [-0.2, 0) is 23.3 Å². The molecule has 162 valence electrons. The molecule has 0 aromatic rings. The molecular formula is C20H34O5S3. The molecule has 1 heterocycles. The summed E-state index contributed by atoms with van der Waals surface area (Å²) in [5.41, 5.74) is -1.65. The Morgan fingerprint density at radius 3 is 2.32 bits per heavy atom. The second-order valence-corrected chi connectivity index (χ2v) is 16.5. The minimum absolute atomic E-state index is 0.0565. The van der Waals surface area contributed by atoms with Gasteiger partial charge in [-0.1, -0.05) is 34.6 Å². The normalized spacial score (nSPS) is 33.0. The van der Waals surface area contributed by atoms with Crippen molar-refractivity contribution >= 4 is 43.8 Å². The topological polar surface area (TPSA) is 77.5 Å². The summed E-state index contributed by atoms with van der Waals surface area (Å²) in [7, 11) is -5.93. The van der Waals surface area contributed by atoms with E-state index in [0.717, 1.165) is 17.9 Å². The van der Waals surface area contributed by atoms with Gasteiger partial charge in [-0.05, 0) is 24.2 Å². The first-order valence-electron chi connectivity index (χ1n) is 10.1. The standard InChI is InChI=1S/C20H34O5S3/c1-18(2,3)17(22)13-27(10-8-26-9-11-27)25-28(23,24)14-20-7-6-15(12-16(20)21)19(20,4)5/h15H,6-14H2,1-5H3. The SMILES string of the molecule is CC(C)(C)C(=O)CS1(OS(=O)(=O)CC23CCC(CC2=O)C3(C)C)CCSCC1. The minimum atomic E-state index is -3.91. The lowest BCUT2D eigenvalue weighted by Crippen LogP contribution is -2.43. The molecule has 0 spiro atoms. The fourth-order valence-electron chi connectivity index (χ4n) is 4.97. The monoisotopic (exact) mass is 450 g/mol. The number of ketones is 2. The maximum atomic E-state index is 13.2. The van der Waals surface area contributed by atoms with Crippen molar-refractivity contribution in [3.05, 3.63) is 0 Å². The van der Waals surface area contributed by atoms with E-state index >= 15 is 0 Å². The van der Waals surface area contributed by atoms with Crippen molar-refractivity contribution < 1.29 is 21.6 Å². The zero-order chi connectivity index (χ0) is 21.0. The highest BCUT2D eigenvalue weighted by atomic mass is 32.3. The van der Waals surface area contributed by atoms with Crippen molar-refractivity contribution in [1.29, 1.82) is 0 Å². The maximum absolute atomic E-state index is 13.2. The minimum Gasteiger partial charge on any atom is -0.299 e. The number of hydrogen-bond donors (Lipinski definition) is 0. The lowest BCUT2D eigenvalue weighted by molar-refractivity contribution is -0.128. The largest absolute Gasteiger partial charge is 0.299 e. The van der Waals surface area contributed by atoms with Gasteiger partial charge in [0.2, 0.25) is 0 Å². The fraction of sp³-hybridized carbons (Fsp3) is 0.900. The van der Waals surface area contributed by atoms with Crippen LogP contribution >= 0.6 is 22.1 Å². The van der Waals surface area contributed by atoms with Gasteiger partial charge in [-0.3, -0.25) is 9.59 Å². The van der Waals surface area contributed by atoms with Crippen LogP contribution in [0.3, 0.4) is 0 Å². The van der Waals surface area contributed by atoms with Gasteiger partial charge >= 0.3 is 0 Å². The second kappa shape index (κ2) is 7.27. The number of hydrogen-bond acceptors (Lipinski definition) is 6. The van der Waals surface area contributed by atoms with E-state index in [9.17, 15) is 18.0 Å². The molecule has 0 aromatic heterocycles. The highest BCUT2D eigenvalue weighted by Gasteiger charge is 2.65. The van der Waals surface area contributed by atoms with Crippen molar-refractivity contribution in [3.63, 3.8) is 0 Å². The van der Waals surface area contributed by atoms with Gasteiger partial charge < -0.3 is 0 Å². The summed E-state index contributed by atoms with van der Waals surface area (Å²) in [4.78, 5) is 25.5. The Kier molecular flexibility index (Phi) is 5.88. The van der Waals surface area contributed by atoms with Gasteiger partial charge in [0.05, 0.1) is 16.9 Å². The van der Waals surface area contributed by atoms with E-state index in [1.165, 1.54) is 0 Å². The molecule has 28 heavy (non-hydrogen) atoms. The molecule has 1 aliphatic heterocycles. The predicted molar refractivity (Wildman–Crippen MR) is 117 cm³/mol. The summed E-state index contributed by atoms with van der Waals surface area (Å²) in [5.74, 6) is 3.27. The van der Waals surface area contributed by atoms with Crippen molar-refractivity contribution in [3.8, 4) is 0 Å².